The first kappa shape index (κ1) is 11.3. The van der Waals surface area contributed by atoms with Crippen molar-refractivity contribution >= 4 is 6.29 Å². The molecule has 2 nitrogen and oxygen atoms in total. The van der Waals surface area contributed by atoms with Crippen LogP contribution in [0.15, 0.2) is 48.5 Å². The van der Waals surface area contributed by atoms with Gasteiger partial charge in [0.25, 0.3) is 0 Å². The van der Waals surface area contributed by atoms with Crippen LogP contribution in [0.3, 0.4) is 0 Å². The number of rotatable bonds is 4. The molecule has 0 atom stereocenters. The summed E-state index contributed by atoms with van der Waals surface area (Å²) < 4.78 is 17.0. The highest BCUT2D eigenvalue weighted by Gasteiger charge is 2.05. The van der Waals surface area contributed by atoms with E-state index in [9.17, 15) is 9.18 Å². The monoisotopic (exact) mass is 230 g/mol. The lowest BCUT2D eigenvalue weighted by Crippen LogP contribution is -1.95. The number of hydrogen-bond acceptors (Lipinski definition) is 2. The summed E-state index contributed by atoms with van der Waals surface area (Å²) in [6, 6.07) is 14.7. The topological polar surface area (TPSA) is 26.3 Å². The molecule has 2 aromatic rings. The quantitative estimate of drug-likeness (QED) is 0.752. The van der Waals surface area contributed by atoms with Gasteiger partial charge in [0.15, 0.2) is 6.29 Å². The van der Waals surface area contributed by atoms with Crippen molar-refractivity contribution in [3.8, 4) is 16.9 Å². The van der Waals surface area contributed by atoms with Crippen molar-refractivity contribution in [3.05, 3.63) is 54.1 Å². The van der Waals surface area contributed by atoms with Crippen molar-refractivity contribution in [1.82, 2.24) is 0 Å². The van der Waals surface area contributed by atoms with E-state index in [1.165, 1.54) is 0 Å². The van der Waals surface area contributed by atoms with Gasteiger partial charge < -0.3 is 4.74 Å². The van der Waals surface area contributed by atoms with Gasteiger partial charge in [0.05, 0.1) is 5.56 Å². The molecule has 0 amide bonds. The number of carbonyl (C=O) groups is 1. The lowest BCUT2D eigenvalue weighted by molar-refractivity contribution is 0.111. The smallest absolute Gasteiger partial charge is 0.228 e. The van der Waals surface area contributed by atoms with Crippen LogP contribution in [-0.2, 0) is 0 Å². The van der Waals surface area contributed by atoms with Crippen LogP contribution in [0.2, 0.25) is 0 Å². The summed E-state index contributed by atoms with van der Waals surface area (Å²) >= 11 is 0. The molecule has 86 valence electrons. The van der Waals surface area contributed by atoms with Crippen molar-refractivity contribution in [1.29, 1.82) is 0 Å². The van der Waals surface area contributed by atoms with Gasteiger partial charge in [0, 0.05) is 0 Å². The molecule has 0 saturated carbocycles. The summed E-state index contributed by atoms with van der Waals surface area (Å²) in [7, 11) is 0. The summed E-state index contributed by atoms with van der Waals surface area (Å²) in [5.41, 5.74) is 2.23. The van der Waals surface area contributed by atoms with Crippen LogP contribution in [0.5, 0.6) is 5.75 Å². The second-order valence-corrected chi connectivity index (χ2v) is 3.49. The minimum atomic E-state index is -0.945. The number of hydrogen-bond donors (Lipinski definition) is 0. The third-order valence-electron chi connectivity index (χ3n) is 2.46. The minimum absolute atomic E-state index is 0.267. The second kappa shape index (κ2) is 5.25. The Bertz CT molecular complexity index is 509. The molecule has 0 aromatic heterocycles. The molecule has 0 radical (unpaired) electrons. The normalized spacial score (nSPS) is 9.94. The van der Waals surface area contributed by atoms with Gasteiger partial charge in [-0.2, -0.15) is 0 Å². The lowest BCUT2D eigenvalue weighted by Gasteiger charge is -2.07. The van der Waals surface area contributed by atoms with Crippen LogP contribution in [0.25, 0.3) is 11.1 Å². The van der Waals surface area contributed by atoms with Crippen LogP contribution in [0, 0.1) is 0 Å². The van der Waals surface area contributed by atoms with E-state index in [1.807, 2.05) is 36.4 Å². The van der Waals surface area contributed by atoms with Crippen molar-refractivity contribution in [2.75, 3.05) is 6.86 Å². The van der Waals surface area contributed by atoms with Gasteiger partial charge in [-0.1, -0.05) is 36.4 Å². The summed E-state index contributed by atoms with van der Waals surface area (Å²) in [6.07, 6.45) is 0.653. The third-order valence-corrected chi connectivity index (χ3v) is 2.46. The zero-order chi connectivity index (χ0) is 12.1. The van der Waals surface area contributed by atoms with E-state index in [0.717, 1.165) is 11.1 Å². The standard InChI is InChI=1S/C14H11FO2/c15-10-17-14-8-12(6-7-13(14)9-16)11-4-2-1-3-5-11/h1-9H,10H2. The molecule has 0 bridgehead atoms. The second-order valence-electron chi connectivity index (χ2n) is 3.49. The highest BCUT2D eigenvalue weighted by molar-refractivity contribution is 5.81. The number of ether oxygens (including phenoxy) is 1. The maximum absolute atomic E-state index is 12.2. The molecule has 2 rings (SSSR count). The lowest BCUT2D eigenvalue weighted by atomic mass is 10.0. The Hall–Kier alpha value is -2.16. The molecule has 0 fully saturated rings. The molecular formula is C14H11FO2. The number of benzene rings is 2. The fourth-order valence-corrected chi connectivity index (χ4v) is 1.63. The SMILES string of the molecule is O=Cc1ccc(-c2ccccc2)cc1OCF. The Morgan fingerprint density at radius 2 is 1.82 bits per heavy atom. The van der Waals surface area contributed by atoms with E-state index in [-0.39, 0.29) is 5.75 Å². The average molecular weight is 230 g/mol. The highest BCUT2D eigenvalue weighted by atomic mass is 19.1. The van der Waals surface area contributed by atoms with Gasteiger partial charge in [0.2, 0.25) is 6.86 Å². The number of halogens is 1. The van der Waals surface area contributed by atoms with Crippen molar-refractivity contribution in [2.45, 2.75) is 0 Å². The molecule has 0 saturated heterocycles. The first-order valence-corrected chi connectivity index (χ1v) is 5.18. The molecule has 0 aliphatic heterocycles. The third kappa shape index (κ3) is 2.50. The van der Waals surface area contributed by atoms with Crippen LogP contribution in [0.4, 0.5) is 4.39 Å². The van der Waals surface area contributed by atoms with Gasteiger partial charge >= 0.3 is 0 Å². The highest BCUT2D eigenvalue weighted by Crippen LogP contribution is 2.26. The molecular weight excluding hydrogens is 219 g/mol. The maximum atomic E-state index is 12.2. The first-order valence-electron chi connectivity index (χ1n) is 5.18. The molecule has 0 heterocycles. The van der Waals surface area contributed by atoms with Crippen LogP contribution in [-0.4, -0.2) is 13.1 Å². The van der Waals surface area contributed by atoms with Gasteiger partial charge in [-0.15, -0.1) is 0 Å². The summed E-state index contributed by atoms with van der Waals surface area (Å²) in [5.74, 6) is 0.267. The zero-order valence-electron chi connectivity index (χ0n) is 9.10. The largest absolute Gasteiger partial charge is 0.462 e. The van der Waals surface area contributed by atoms with Crippen molar-refractivity contribution in [3.63, 3.8) is 0 Å². The Balaban J connectivity index is 2.43. The van der Waals surface area contributed by atoms with E-state index in [4.69, 9.17) is 4.74 Å². The van der Waals surface area contributed by atoms with Gasteiger partial charge in [-0.25, -0.2) is 4.39 Å². The van der Waals surface area contributed by atoms with E-state index >= 15 is 0 Å². The van der Waals surface area contributed by atoms with Gasteiger partial charge in [-0.3, -0.25) is 4.79 Å². The fraction of sp³-hybridized carbons (Fsp3) is 0.0714. The predicted octanol–water partition coefficient (Wildman–Crippen LogP) is 3.47. The molecule has 2 aromatic carbocycles. The van der Waals surface area contributed by atoms with Gasteiger partial charge in [-0.05, 0) is 23.3 Å². The Labute approximate surface area is 98.7 Å². The van der Waals surface area contributed by atoms with Crippen molar-refractivity contribution in [2.24, 2.45) is 0 Å². The van der Waals surface area contributed by atoms with Crippen LogP contribution >= 0.6 is 0 Å². The van der Waals surface area contributed by atoms with Crippen LogP contribution < -0.4 is 4.74 Å². The van der Waals surface area contributed by atoms with Gasteiger partial charge in [0.1, 0.15) is 5.75 Å². The number of carbonyl (C=O) groups excluding carboxylic acids is 1. The molecule has 0 N–H and O–H groups in total. The first-order chi connectivity index (χ1) is 8.35. The molecule has 0 spiro atoms. The summed E-state index contributed by atoms with van der Waals surface area (Å²) in [4.78, 5) is 10.7. The Kier molecular flexibility index (Phi) is 3.50. The molecule has 3 heteroatoms. The van der Waals surface area contributed by atoms with Crippen LogP contribution in [0.1, 0.15) is 10.4 Å². The van der Waals surface area contributed by atoms with E-state index < -0.39 is 6.86 Å². The Morgan fingerprint density at radius 3 is 2.47 bits per heavy atom. The number of alkyl halides is 1. The average Bonchev–Trinajstić information content (AvgIpc) is 2.40. The summed E-state index contributed by atoms with van der Waals surface area (Å²) in [6.45, 7) is -0.945. The Morgan fingerprint density at radius 1 is 1.06 bits per heavy atom. The molecule has 0 aliphatic carbocycles. The maximum Gasteiger partial charge on any atom is 0.228 e. The van der Waals surface area contributed by atoms with E-state index in [0.29, 0.717) is 11.8 Å². The predicted molar refractivity (Wildman–Crippen MR) is 63.9 cm³/mol. The van der Waals surface area contributed by atoms with Crippen molar-refractivity contribution < 1.29 is 13.9 Å². The van der Waals surface area contributed by atoms with E-state index in [1.54, 1.807) is 12.1 Å². The van der Waals surface area contributed by atoms with E-state index in [2.05, 4.69) is 0 Å². The molecule has 0 aliphatic rings. The molecule has 0 unspecified atom stereocenters. The zero-order valence-corrected chi connectivity index (χ0v) is 9.10. The number of aldehydes is 1. The minimum Gasteiger partial charge on any atom is -0.462 e. The molecule has 17 heavy (non-hydrogen) atoms. The summed E-state index contributed by atoms with van der Waals surface area (Å²) in [5, 5.41) is 0. The fourth-order valence-electron chi connectivity index (χ4n) is 1.63.